The molecule has 0 aliphatic heterocycles. The second-order valence-corrected chi connectivity index (χ2v) is 4.30. The zero-order chi connectivity index (χ0) is 12.8. The van der Waals surface area contributed by atoms with E-state index < -0.39 is 5.97 Å². The van der Waals surface area contributed by atoms with Gasteiger partial charge in [-0.15, -0.1) is 0 Å². The Morgan fingerprint density at radius 3 is 2.59 bits per heavy atom. The monoisotopic (exact) mass is 235 g/mol. The van der Waals surface area contributed by atoms with Crippen LogP contribution in [0.3, 0.4) is 0 Å². The molecule has 1 aromatic rings. The molecule has 1 aromatic carbocycles. The largest absolute Gasteiger partial charge is 0.478 e. The molecule has 1 amide bonds. The van der Waals surface area contributed by atoms with Gasteiger partial charge in [-0.05, 0) is 24.0 Å². The number of nitrogens with one attached hydrogen (secondary N) is 1. The Balaban J connectivity index is 2.92. The number of hydrogen-bond acceptors (Lipinski definition) is 2. The fraction of sp³-hybridized carbons (Fsp3) is 0.385. The number of carboxylic acid groups (broad SMARTS) is 1. The van der Waals surface area contributed by atoms with Crippen LogP contribution in [-0.2, 0) is 11.2 Å². The van der Waals surface area contributed by atoms with E-state index in [-0.39, 0.29) is 12.0 Å². The Labute approximate surface area is 101 Å². The average molecular weight is 235 g/mol. The van der Waals surface area contributed by atoms with Gasteiger partial charge in [0.2, 0.25) is 6.41 Å². The second-order valence-electron chi connectivity index (χ2n) is 4.30. The summed E-state index contributed by atoms with van der Waals surface area (Å²) in [4.78, 5) is 21.5. The van der Waals surface area contributed by atoms with E-state index in [0.717, 1.165) is 5.56 Å². The molecular weight excluding hydrogens is 218 g/mol. The van der Waals surface area contributed by atoms with Gasteiger partial charge in [0.15, 0.2) is 0 Å². The summed E-state index contributed by atoms with van der Waals surface area (Å²) in [6.45, 7) is 3.98. The minimum absolute atomic E-state index is 0.0481. The van der Waals surface area contributed by atoms with E-state index in [4.69, 9.17) is 5.11 Å². The number of carbonyl (C=O) groups is 2. The standard InChI is InChI=1S/C13H17NO3/c1-9(2)12(14-8-15)7-10-5-3-4-6-11(10)13(16)17/h3-6,8-9,12H,7H2,1-2H3,(H,14,15)(H,16,17). The number of carboxylic acids is 1. The summed E-state index contributed by atoms with van der Waals surface area (Å²) in [5.41, 5.74) is 1.04. The Bertz CT molecular complexity index is 401. The van der Waals surface area contributed by atoms with Crippen molar-refractivity contribution in [2.75, 3.05) is 0 Å². The SMILES string of the molecule is CC(C)C(Cc1ccccc1C(=O)O)NC=O. The van der Waals surface area contributed by atoms with Gasteiger partial charge in [-0.2, -0.15) is 0 Å². The highest BCUT2D eigenvalue weighted by atomic mass is 16.4. The molecule has 1 atom stereocenters. The fourth-order valence-corrected chi connectivity index (χ4v) is 1.72. The maximum Gasteiger partial charge on any atom is 0.335 e. The molecule has 17 heavy (non-hydrogen) atoms. The quantitative estimate of drug-likeness (QED) is 0.737. The highest BCUT2D eigenvalue weighted by Crippen LogP contribution is 2.14. The first-order valence-corrected chi connectivity index (χ1v) is 5.57. The van der Waals surface area contributed by atoms with Crippen LogP contribution in [0.1, 0.15) is 29.8 Å². The van der Waals surface area contributed by atoms with Gasteiger partial charge in [0.1, 0.15) is 0 Å². The van der Waals surface area contributed by atoms with E-state index >= 15 is 0 Å². The third-order valence-corrected chi connectivity index (χ3v) is 2.77. The third kappa shape index (κ3) is 3.59. The summed E-state index contributed by atoms with van der Waals surface area (Å²) in [6, 6.07) is 6.82. The topological polar surface area (TPSA) is 66.4 Å². The first-order valence-electron chi connectivity index (χ1n) is 5.57. The predicted molar refractivity (Wildman–Crippen MR) is 64.9 cm³/mol. The highest BCUT2D eigenvalue weighted by molar-refractivity contribution is 5.89. The molecule has 0 radical (unpaired) electrons. The molecule has 0 fully saturated rings. The maximum atomic E-state index is 11.0. The van der Waals surface area contributed by atoms with Crippen LogP contribution in [0.4, 0.5) is 0 Å². The Hall–Kier alpha value is -1.84. The average Bonchev–Trinajstić information content (AvgIpc) is 2.28. The van der Waals surface area contributed by atoms with Crippen molar-refractivity contribution in [1.29, 1.82) is 0 Å². The summed E-state index contributed by atoms with van der Waals surface area (Å²) in [5, 5.41) is 11.8. The number of hydrogen-bond donors (Lipinski definition) is 2. The number of benzene rings is 1. The first kappa shape index (κ1) is 13.2. The number of aromatic carboxylic acids is 1. The minimum atomic E-state index is -0.936. The van der Waals surface area contributed by atoms with Crippen LogP contribution in [0.5, 0.6) is 0 Å². The molecule has 0 aliphatic carbocycles. The lowest BCUT2D eigenvalue weighted by molar-refractivity contribution is -0.110. The zero-order valence-corrected chi connectivity index (χ0v) is 10.0. The zero-order valence-electron chi connectivity index (χ0n) is 10.0. The molecule has 1 rings (SSSR count). The van der Waals surface area contributed by atoms with E-state index in [9.17, 15) is 9.59 Å². The molecule has 1 unspecified atom stereocenters. The highest BCUT2D eigenvalue weighted by Gasteiger charge is 2.16. The molecule has 0 saturated carbocycles. The summed E-state index contributed by atoms with van der Waals surface area (Å²) < 4.78 is 0. The van der Waals surface area contributed by atoms with Gasteiger partial charge in [0.05, 0.1) is 5.56 Å². The summed E-state index contributed by atoms with van der Waals surface area (Å²) >= 11 is 0. The Morgan fingerprint density at radius 1 is 1.41 bits per heavy atom. The predicted octanol–water partition coefficient (Wildman–Crippen LogP) is 1.70. The summed E-state index contributed by atoms with van der Waals surface area (Å²) in [5.74, 6) is -0.684. The van der Waals surface area contributed by atoms with Crippen LogP contribution in [0, 0.1) is 5.92 Å². The molecule has 0 bridgehead atoms. The van der Waals surface area contributed by atoms with Crippen molar-refractivity contribution in [3.05, 3.63) is 35.4 Å². The molecule has 2 N–H and O–H groups in total. The van der Waals surface area contributed by atoms with Crippen LogP contribution in [0.25, 0.3) is 0 Å². The lowest BCUT2D eigenvalue weighted by Crippen LogP contribution is -2.35. The molecule has 0 spiro atoms. The van der Waals surface area contributed by atoms with Crippen molar-refractivity contribution in [2.24, 2.45) is 5.92 Å². The lowest BCUT2D eigenvalue weighted by atomic mass is 9.94. The molecule has 4 heteroatoms. The van der Waals surface area contributed by atoms with E-state index in [1.807, 2.05) is 13.8 Å². The van der Waals surface area contributed by atoms with Crippen molar-refractivity contribution in [1.82, 2.24) is 5.32 Å². The van der Waals surface area contributed by atoms with Crippen molar-refractivity contribution >= 4 is 12.4 Å². The normalized spacial score (nSPS) is 12.2. The Kier molecular flexibility index (Phi) is 4.69. The minimum Gasteiger partial charge on any atom is -0.478 e. The van der Waals surface area contributed by atoms with Crippen LogP contribution >= 0.6 is 0 Å². The third-order valence-electron chi connectivity index (χ3n) is 2.77. The van der Waals surface area contributed by atoms with Gasteiger partial charge < -0.3 is 10.4 Å². The van der Waals surface area contributed by atoms with E-state index in [0.29, 0.717) is 18.4 Å². The van der Waals surface area contributed by atoms with Crippen molar-refractivity contribution in [2.45, 2.75) is 26.3 Å². The fourth-order valence-electron chi connectivity index (χ4n) is 1.72. The van der Waals surface area contributed by atoms with Crippen molar-refractivity contribution in [3.8, 4) is 0 Å². The lowest BCUT2D eigenvalue weighted by Gasteiger charge is -2.20. The van der Waals surface area contributed by atoms with Gasteiger partial charge in [0.25, 0.3) is 0 Å². The number of rotatable bonds is 6. The van der Waals surface area contributed by atoms with Gasteiger partial charge in [-0.1, -0.05) is 32.0 Å². The second kappa shape index (κ2) is 6.03. The van der Waals surface area contributed by atoms with Crippen molar-refractivity contribution in [3.63, 3.8) is 0 Å². The summed E-state index contributed by atoms with van der Waals surface area (Å²) in [6.07, 6.45) is 1.19. The Morgan fingerprint density at radius 2 is 2.06 bits per heavy atom. The van der Waals surface area contributed by atoms with Crippen molar-refractivity contribution < 1.29 is 14.7 Å². The van der Waals surface area contributed by atoms with Crippen LogP contribution in [-0.4, -0.2) is 23.5 Å². The summed E-state index contributed by atoms with van der Waals surface area (Å²) in [7, 11) is 0. The van der Waals surface area contributed by atoms with Gasteiger partial charge in [-0.25, -0.2) is 4.79 Å². The van der Waals surface area contributed by atoms with Gasteiger partial charge in [0, 0.05) is 6.04 Å². The van der Waals surface area contributed by atoms with E-state index in [1.54, 1.807) is 24.3 Å². The first-order chi connectivity index (χ1) is 8.06. The van der Waals surface area contributed by atoms with Crippen LogP contribution in [0.2, 0.25) is 0 Å². The molecule has 0 aliphatic rings. The smallest absolute Gasteiger partial charge is 0.335 e. The van der Waals surface area contributed by atoms with E-state index in [2.05, 4.69) is 5.32 Å². The maximum absolute atomic E-state index is 11.0. The van der Waals surface area contributed by atoms with Gasteiger partial charge >= 0.3 is 5.97 Å². The van der Waals surface area contributed by atoms with Crippen LogP contribution in [0.15, 0.2) is 24.3 Å². The number of carbonyl (C=O) groups excluding carboxylic acids is 1. The molecule has 0 aromatic heterocycles. The molecule has 0 saturated heterocycles. The molecular formula is C13H17NO3. The molecule has 0 heterocycles. The van der Waals surface area contributed by atoms with E-state index in [1.165, 1.54) is 0 Å². The molecule has 92 valence electrons. The number of amides is 1. The van der Waals surface area contributed by atoms with Gasteiger partial charge in [-0.3, -0.25) is 4.79 Å². The molecule has 4 nitrogen and oxygen atoms in total. The van der Waals surface area contributed by atoms with Crippen LogP contribution < -0.4 is 5.32 Å².